The van der Waals surface area contributed by atoms with Gasteiger partial charge in [0.2, 0.25) is 11.8 Å². The Hall–Kier alpha value is -3.99. The number of urea groups is 1. The highest BCUT2D eigenvalue weighted by Crippen LogP contribution is 2.60. The Morgan fingerprint density at radius 2 is 1.21 bits per heavy atom. The first-order chi connectivity index (χ1) is 16.1. The second-order valence-corrected chi connectivity index (χ2v) is 8.66. The zero-order chi connectivity index (χ0) is 22.8. The van der Waals surface area contributed by atoms with E-state index >= 15 is 0 Å². The maximum atomic E-state index is 13.4. The quantitative estimate of drug-likeness (QED) is 0.585. The topological polar surface area (TPSA) is 75.3 Å². The van der Waals surface area contributed by atoms with E-state index in [1.165, 1.54) is 0 Å². The van der Waals surface area contributed by atoms with Crippen LogP contribution >= 0.6 is 0 Å². The Morgan fingerprint density at radius 3 is 1.79 bits per heavy atom. The predicted molar refractivity (Wildman–Crippen MR) is 126 cm³/mol. The summed E-state index contributed by atoms with van der Waals surface area (Å²) in [5, 5.41) is 4.74. The van der Waals surface area contributed by atoms with Crippen molar-refractivity contribution in [2.75, 3.05) is 0 Å². The summed E-state index contributed by atoms with van der Waals surface area (Å²) < 4.78 is 0. The maximum absolute atomic E-state index is 13.4. The number of nitrogens with one attached hydrogen (secondary N) is 2. The summed E-state index contributed by atoms with van der Waals surface area (Å²) in [7, 11) is 0. The molecule has 1 saturated carbocycles. The van der Waals surface area contributed by atoms with E-state index in [1.54, 1.807) is 0 Å². The van der Waals surface area contributed by atoms with E-state index in [4.69, 9.17) is 0 Å². The summed E-state index contributed by atoms with van der Waals surface area (Å²) in [5.74, 6) is -1.71. The Kier molecular flexibility index (Phi) is 5.38. The van der Waals surface area contributed by atoms with Gasteiger partial charge in [-0.05, 0) is 34.9 Å². The van der Waals surface area contributed by atoms with Crippen molar-refractivity contribution in [2.45, 2.75) is 18.3 Å². The molecule has 1 heterocycles. The lowest BCUT2D eigenvalue weighted by Gasteiger charge is -2.35. The third-order valence-electron chi connectivity index (χ3n) is 6.90. The summed E-state index contributed by atoms with van der Waals surface area (Å²) in [5.41, 5.74) is 1.72. The molecule has 2 N–H and O–H groups in total. The van der Waals surface area contributed by atoms with Crippen LogP contribution in [0.5, 0.6) is 0 Å². The van der Waals surface area contributed by atoms with Gasteiger partial charge >= 0.3 is 6.03 Å². The molecule has 1 saturated heterocycles. The summed E-state index contributed by atoms with van der Waals surface area (Å²) in [6.45, 7) is 0. The van der Waals surface area contributed by atoms with Crippen molar-refractivity contribution in [3.8, 4) is 0 Å². The number of carbonyl (C=O) groups excluding carboxylic acids is 3. The van der Waals surface area contributed by atoms with Crippen LogP contribution in [0.25, 0.3) is 6.08 Å². The Morgan fingerprint density at radius 1 is 0.697 bits per heavy atom. The Labute approximate surface area is 192 Å². The fourth-order valence-corrected chi connectivity index (χ4v) is 5.42. The molecule has 3 atom stereocenters. The smallest absolute Gasteiger partial charge is 0.277 e. The molecular formula is C28H24N2O3. The molecule has 4 amide bonds. The van der Waals surface area contributed by atoms with E-state index in [2.05, 4.69) is 10.6 Å². The minimum atomic E-state index is -1.39. The number of barbiturate groups is 1. The van der Waals surface area contributed by atoms with Gasteiger partial charge in [0, 0.05) is 5.92 Å². The first-order valence-corrected chi connectivity index (χ1v) is 11.1. The first kappa shape index (κ1) is 20.9. The van der Waals surface area contributed by atoms with Gasteiger partial charge in [0.1, 0.15) is 5.41 Å². The van der Waals surface area contributed by atoms with Crippen LogP contribution in [0.1, 0.15) is 34.9 Å². The minimum absolute atomic E-state index is 0.0799. The van der Waals surface area contributed by atoms with Crippen molar-refractivity contribution >= 4 is 23.9 Å². The lowest BCUT2D eigenvalue weighted by atomic mass is 9.71. The minimum Gasteiger partial charge on any atom is -0.277 e. The zero-order valence-electron chi connectivity index (χ0n) is 18.0. The first-order valence-electron chi connectivity index (χ1n) is 11.1. The second kappa shape index (κ2) is 8.51. The molecule has 5 rings (SSSR count). The van der Waals surface area contributed by atoms with Gasteiger partial charge in [-0.1, -0.05) is 103 Å². The molecule has 1 aliphatic carbocycles. The summed E-state index contributed by atoms with van der Waals surface area (Å²) >= 11 is 0. The monoisotopic (exact) mass is 436 g/mol. The largest absolute Gasteiger partial charge is 0.328 e. The molecule has 0 bridgehead atoms. The SMILES string of the molecule is O=C1NC(=O)C2(CC(c3ccccc3)[C@H](c3ccccc3)[C@H]2/C=C/c2ccccc2)C(=O)N1. The van der Waals surface area contributed by atoms with Crippen LogP contribution in [0.3, 0.4) is 0 Å². The molecule has 164 valence electrons. The van der Waals surface area contributed by atoms with Crippen molar-refractivity contribution in [3.63, 3.8) is 0 Å². The lowest BCUT2D eigenvalue weighted by molar-refractivity contribution is -0.146. The fourth-order valence-electron chi connectivity index (χ4n) is 5.42. The van der Waals surface area contributed by atoms with Crippen molar-refractivity contribution < 1.29 is 14.4 Å². The number of rotatable bonds is 4. The molecule has 3 aromatic rings. The molecule has 0 aromatic heterocycles. The number of amides is 4. The average Bonchev–Trinajstić information content (AvgIpc) is 3.19. The highest BCUT2D eigenvalue weighted by atomic mass is 16.2. The van der Waals surface area contributed by atoms with Crippen LogP contribution in [0.4, 0.5) is 4.79 Å². The van der Waals surface area contributed by atoms with Gasteiger partial charge in [-0.15, -0.1) is 0 Å². The van der Waals surface area contributed by atoms with Crippen LogP contribution in [-0.4, -0.2) is 17.8 Å². The molecule has 33 heavy (non-hydrogen) atoms. The maximum Gasteiger partial charge on any atom is 0.328 e. The number of carbonyl (C=O) groups is 3. The molecule has 5 heteroatoms. The van der Waals surface area contributed by atoms with Crippen molar-refractivity contribution in [1.29, 1.82) is 0 Å². The standard InChI is InChI=1S/C28H24N2O3/c31-25-28(26(32)30-27(33)29-25)18-22(20-12-6-2-7-13-20)24(21-14-8-3-9-15-21)23(28)17-16-19-10-4-1-5-11-19/h1-17,22-24H,18H2,(H2,29,30,31,32,33)/b17-16+/t22?,23-,24+/m1/s1. The van der Waals surface area contributed by atoms with Crippen LogP contribution < -0.4 is 10.6 Å². The van der Waals surface area contributed by atoms with Crippen LogP contribution in [0.15, 0.2) is 97.1 Å². The molecule has 0 radical (unpaired) electrons. The van der Waals surface area contributed by atoms with Gasteiger partial charge in [0.25, 0.3) is 0 Å². The zero-order valence-corrected chi connectivity index (χ0v) is 18.0. The summed E-state index contributed by atoms with van der Waals surface area (Å²) in [6, 6.07) is 29.0. The van der Waals surface area contributed by atoms with E-state index in [1.807, 2.05) is 103 Å². The highest BCUT2D eigenvalue weighted by Gasteiger charge is 2.63. The second-order valence-electron chi connectivity index (χ2n) is 8.66. The van der Waals surface area contributed by atoms with E-state index < -0.39 is 29.2 Å². The molecule has 5 nitrogen and oxygen atoms in total. The van der Waals surface area contributed by atoms with Crippen LogP contribution in [-0.2, 0) is 9.59 Å². The van der Waals surface area contributed by atoms with Crippen LogP contribution in [0, 0.1) is 11.3 Å². The van der Waals surface area contributed by atoms with Gasteiger partial charge in [-0.2, -0.15) is 0 Å². The normalized spacial score (nSPS) is 24.1. The molecular weight excluding hydrogens is 412 g/mol. The van der Waals surface area contributed by atoms with E-state index in [0.29, 0.717) is 6.42 Å². The molecule has 1 aliphatic heterocycles. The average molecular weight is 437 g/mol. The third kappa shape index (κ3) is 3.65. The predicted octanol–water partition coefficient (Wildman–Crippen LogP) is 4.64. The number of benzene rings is 3. The Balaban J connectivity index is 1.69. The number of imide groups is 2. The van der Waals surface area contributed by atoms with Crippen molar-refractivity contribution in [1.82, 2.24) is 10.6 Å². The number of hydrogen-bond acceptors (Lipinski definition) is 3. The lowest BCUT2D eigenvalue weighted by Crippen LogP contribution is -2.63. The summed E-state index contributed by atoms with van der Waals surface area (Å²) in [6.07, 6.45) is 4.25. The van der Waals surface area contributed by atoms with E-state index in [0.717, 1.165) is 16.7 Å². The number of allylic oxidation sites excluding steroid dienone is 1. The third-order valence-corrected chi connectivity index (χ3v) is 6.90. The fraction of sp³-hybridized carbons (Fsp3) is 0.179. The molecule has 2 aliphatic rings. The molecule has 2 fully saturated rings. The van der Waals surface area contributed by atoms with Gasteiger partial charge in [-0.3, -0.25) is 20.2 Å². The van der Waals surface area contributed by atoms with Crippen molar-refractivity contribution in [3.05, 3.63) is 114 Å². The molecule has 1 unspecified atom stereocenters. The van der Waals surface area contributed by atoms with Crippen molar-refractivity contribution in [2.24, 2.45) is 11.3 Å². The molecule has 1 spiro atoms. The molecule has 3 aromatic carbocycles. The highest BCUT2D eigenvalue weighted by molar-refractivity contribution is 6.20. The van der Waals surface area contributed by atoms with E-state index in [-0.39, 0.29) is 11.8 Å². The van der Waals surface area contributed by atoms with Gasteiger partial charge in [0.15, 0.2) is 0 Å². The van der Waals surface area contributed by atoms with Crippen LogP contribution in [0.2, 0.25) is 0 Å². The van der Waals surface area contributed by atoms with Gasteiger partial charge in [0.05, 0.1) is 0 Å². The van der Waals surface area contributed by atoms with Gasteiger partial charge < -0.3 is 0 Å². The van der Waals surface area contributed by atoms with Gasteiger partial charge in [-0.25, -0.2) is 4.79 Å². The Bertz CT molecular complexity index is 1190. The number of hydrogen-bond donors (Lipinski definition) is 2. The van der Waals surface area contributed by atoms with E-state index in [9.17, 15) is 14.4 Å². The summed E-state index contributed by atoms with van der Waals surface area (Å²) in [4.78, 5) is 38.7.